The highest BCUT2D eigenvalue weighted by molar-refractivity contribution is 7.92. The van der Waals surface area contributed by atoms with Gasteiger partial charge in [-0.1, -0.05) is 30.3 Å². The summed E-state index contributed by atoms with van der Waals surface area (Å²) in [5, 5.41) is 0. The Kier molecular flexibility index (Phi) is 4.28. The molecule has 0 aliphatic carbocycles. The first-order valence-electron chi connectivity index (χ1n) is 7.50. The summed E-state index contributed by atoms with van der Waals surface area (Å²) in [7, 11) is -3.74. The lowest BCUT2D eigenvalue weighted by atomic mass is 10.1. The molecule has 1 aliphatic heterocycles. The Morgan fingerprint density at radius 1 is 1.00 bits per heavy atom. The number of rotatable bonds is 5. The topological polar surface area (TPSA) is 78.6 Å². The van der Waals surface area contributed by atoms with Gasteiger partial charge in [-0.3, -0.25) is 0 Å². The summed E-state index contributed by atoms with van der Waals surface area (Å²) in [6.07, 6.45) is 0.798. The zero-order valence-electron chi connectivity index (χ0n) is 12.6. The summed E-state index contributed by atoms with van der Waals surface area (Å²) < 4.78 is 38.0. The van der Waals surface area contributed by atoms with Crippen molar-refractivity contribution in [2.24, 2.45) is 5.73 Å². The number of hydrogen-bond acceptors (Lipinski definition) is 5. The van der Waals surface area contributed by atoms with Crippen molar-refractivity contribution in [1.29, 1.82) is 0 Å². The van der Waals surface area contributed by atoms with E-state index in [1.165, 1.54) is 0 Å². The highest BCUT2D eigenvalue weighted by Gasteiger charge is 2.50. The fraction of sp³-hybridized carbons (Fsp3) is 0.294. The van der Waals surface area contributed by atoms with Crippen LogP contribution in [0.2, 0.25) is 0 Å². The van der Waals surface area contributed by atoms with E-state index in [0.29, 0.717) is 24.5 Å². The molecule has 1 aliphatic rings. The normalized spacial score (nSPS) is 20.2. The molecular formula is C17H19NO4S. The lowest BCUT2D eigenvalue weighted by Gasteiger charge is -2.37. The number of hydrogen-bond donors (Lipinski definition) is 1. The molecule has 1 heterocycles. The SMILES string of the molecule is NCCCC1(S(=O)(=O)c2ccccc2)COc2ccccc2O1. The largest absolute Gasteiger partial charge is 0.484 e. The van der Waals surface area contributed by atoms with E-state index in [2.05, 4.69) is 0 Å². The predicted octanol–water partition coefficient (Wildman–Crippen LogP) is 2.37. The highest BCUT2D eigenvalue weighted by atomic mass is 32.2. The molecule has 0 saturated carbocycles. The fourth-order valence-corrected chi connectivity index (χ4v) is 4.42. The second-order valence-electron chi connectivity index (χ2n) is 5.46. The Bertz CT molecular complexity index is 776. The van der Waals surface area contributed by atoms with Crippen LogP contribution in [0.4, 0.5) is 0 Å². The first-order valence-corrected chi connectivity index (χ1v) is 8.98. The predicted molar refractivity (Wildman–Crippen MR) is 87.2 cm³/mol. The van der Waals surface area contributed by atoms with E-state index in [0.717, 1.165) is 0 Å². The van der Waals surface area contributed by atoms with Crippen molar-refractivity contribution in [3.63, 3.8) is 0 Å². The molecular weight excluding hydrogens is 314 g/mol. The molecule has 3 rings (SSSR count). The van der Waals surface area contributed by atoms with Gasteiger partial charge in [-0.2, -0.15) is 0 Å². The van der Waals surface area contributed by atoms with Gasteiger partial charge >= 0.3 is 0 Å². The third-order valence-electron chi connectivity index (χ3n) is 3.90. The third-order valence-corrected chi connectivity index (χ3v) is 6.18. The molecule has 5 nitrogen and oxygen atoms in total. The molecule has 0 spiro atoms. The molecule has 0 bridgehead atoms. The summed E-state index contributed by atoms with van der Waals surface area (Å²) in [4.78, 5) is -1.23. The Balaban J connectivity index is 2.05. The maximum atomic E-state index is 13.2. The van der Waals surface area contributed by atoms with Crippen molar-refractivity contribution in [3.05, 3.63) is 54.6 Å². The third kappa shape index (κ3) is 2.80. The maximum absolute atomic E-state index is 13.2. The quantitative estimate of drug-likeness (QED) is 0.909. The highest BCUT2D eigenvalue weighted by Crippen LogP contribution is 2.41. The molecule has 23 heavy (non-hydrogen) atoms. The van der Waals surface area contributed by atoms with E-state index >= 15 is 0 Å². The van der Waals surface area contributed by atoms with Crippen LogP contribution < -0.4 is 15.2 Å². The molecule has 1 atom stereocenters. The molecule has 6 heteroatoms. The zero-order valence-corrected chi connectivity index (χ0v) is 13.5. The molecule has 0 amide bonds. The number of para-hydroxylation sites is 2. The Morgan fingerprint density at radius 3 is 2.35 bits per heavy atom. The van der Waals surface area contributed by atoms with Crippen LogP contribution in [0.15, 0.2) is 59.5 Å². The van der Waals surface area contributed by atoms with Gasteiger partial charge in [-0.15, -0.1) is 0 Å². The van der Waals surface area contributed by atoms with Gasteiger partial charge in [0.15, 0.2) is 11.5 Å². The smallest absolute Gasteiger partial charge is 0.246 e. The second-order valence-corrected chi connectivity index (χ2v) is 7.68. The summed E-state index contributed by atoms with van der Waals surface area (Å²) in [6, 6.07) is 15.4. The van der Waals surface area contributed by atoms with E-state index in [9.17, 15) is 8.42 Å². The number of nitrogens with two attached hydrogens (primary N) is 1. The van der Waals surface area contributed by atoms with Gasteiger partial charge in [0.2, 0.25) is 14.8 Å². The number of benzene rings is 2. The summed E-state index contributed by atoms with van der Waals surface area (Å²) >= 11 is 0. The zero-order chi connectivity index (χ0) is 16.3. The van der Waals surface area contributed by atoms with Crippen LogP contribution in [-0.2, 0) is 9.84 Å². The molecule has 2 N–H and O–H groups in total. The lowest BCUT2D eigenvalue weighted by Crippen LogP contribution is -2.51. The summed E-state index contributed by atoms with van der Waals surface area (Å²) in [5.74, 6) is 0.995. The van der Waals surface area contributed by atoms with Crippen molar-refractivity contribution < 1.29 is 17.9 Å². The van der Waals surface area contributed by atoms with Gasteiger partial charge in [0.1, 0.15) is 6.61 Å². The van der Waals surface area contributed by atoms with Crippen molar-refractivity contribution >= 4 is 9.84 Å². The average molecular weight is 333 g/mol. The van der Waals surface area contributed by atoms with Gasteiger partial charge in [0, 0.05) is 6.42 Å². The molecule has 0 aromatic heterocycles. The van der Waals surface area contributed by atoms with E-state index in [1.54, 1.807) is 48.5 Å². The number of sulfone groups is 1. The van der Waals surface area contributed by atoms with Gasteiger partial charge in [-0.25, -0.2) is 8.42 Å². The standard InChI is InChI=1S/C17H19NO4S/c18-12-6-11-17(23(19,20)14-7-2-1-3-8-14)13-21-15-9-4-5-10-16(15)22-17/h1-5,7-10H,6,11-13,18H2. The molecule has 0 radical (unpaired) electrons. The van der Waals surface area contributed by atoms with Crippen molar-refractivity contribution in [3.8, 4) is 11.5 Å². The van der Waals surface area contributed by atoms with Gasteiger partial charge in [0.05, 0.1) is 4.90 Å². The monoisotopic (exact) mass is 333 g/mol. The molecule has 2 aromatic rings. The number of fused-ring (bicyclic) bond motifs is 1. The Labute approximate surface area is 135 Å². The van der Waals surface area contributed by atoms with Crippen LogP contribution in [0, 0.1) is 0 Å². The molecule has 122 valence electrons. The second kappa shape index (κ2) is 6.22. The molecule has 0 saturated heterocycles. The van der Waals surface area contributed by atoms with Gasteiger partial charge < -0.3 is 15.2 Å². The van der Waals surface area contributed by atoms with Crippen molar-refractivity contribution in [2.75, 3.05) is 13.2 Å². The van der Waals surface area contributed by atoms with Crippen LogP contribution >= 0.6 is 0 Å². The molecule has 0 fully saturated rings. The van der Waals surface area contributed by atoms with E-state index in [4.69, 9.17) is 15.2 Å². The lowest BCUT2D eigenvalue weighted by molar-refractivity contribution is 0.0480. The van der Waals surface area contributed by atoms with Crippen LogP contribution in [0.5, 0.6) is 11.5 Å². The van der Waals surface area contributed by atoms with Gasteiger partial charge in [-0.05, 0) is 37.2 Å². The fourth-order valence-electron chi connectivity index (χ4n) is 2.65. The minimum atomic E-state index is -3.74. The minimum absolute atomic E-state index is 0.0543. The first-order chi connectivity index (χ1) is 11.1. The Hall–Kier alpha value is -2.05. The maximum Gasteiger partial charge on any atom is 0.246 e. The van der Waals surface area contributed by atoms with Crippen LogP contribution in [0.1, 0.15) is 12.8 Å². The summed E-state index contributed by atoms with van der Waals surface area (Å²) in [5.41, 5.74) is 5.59. The van der Waals surface area contributed by atoms with Crippen LogP contribution in [0.25, 0.3) is 0 Å². The van der Waals surface area contributed by atoms with E-state index in [-0.39, 0.29) is 17.9 Å². The molecule has 1 unspecified atom stereocenters. The molecule has 2 aromatic carbocycles. The first kappa shape index (κ1) is 15.8. The van der Waals surface area contributed by atoms with Crippen molar-refractivity contribution in [2.45, 2.75) is 22.7 Å². The van der Waals surface area contributed by atoms with E-state index in [1.807, 2.05) is 6.07 Å². The van der Waals surface area contributed by atoms with Crippen molar-refractivity contribution in [1.82, 2.24) is 0 Å². The van der Waals surface area contributed by atoms with Gasteiger partial charge in [0.25, 0.3) is 0 Å². The number of ether oxygens (including phenoxy) is 2. The van der Waals surface area contributed by atoms with Crippen LogP contribution in [-0.4, -0.2) is 26.5 Å². The Morgan fingerprint density at radius 2 is 1.65 bits per heavy atom. The minimum Gasteiger partial charge on any atom is -0.484 e. The van der Waals surface area contributed by atoms with Crippen LogP contribution in [0.3, 0.4) is 0 Å². The van der Waals surface area contributed by atoms with E-state index < -0.39 is 14.8 Å². The summed E-state index contributed by atoms with van der Waals surface area (Å²) in [6.45, 7) is 0.332. The average Bonchev–Trinajstić information content (AvgIpc) is 2.60.